The van der Waals surface area contributed by atoms with Crippen LogP contribution in [0.2, 0.25) is 0 Å². The van der Waals surface area contributed by atoms with Crippen molar-refractivity contribution in [2.45, 2.75) is 55.2 Å². The first-order valence-electron chi connectivity index (χ1n) is 10.8. The smallest absolute Gasteiger partial charge is 0.341 e. The Labute approximate surface area is 179 Å². The first kappa shape index (κ1) is 19.1. The number of aromatic carboxylic acids is 1. The number of ether oxygens (including phenoxy) is 1. The molecule has 1 aromatic carbocycles. The van der Waals surface area contributed by atoms with Gasteiger partial charge in [-0.3, -0.25) is 9.69 Å². The Balaban J connectivity index is 1.64. The van der Waals surface area contributed by atoms with Crippen LogP contribution in [0.1, 0.15) is 46.1 Å². The summed E-state index contributed by atoms with van der Waals surface area (Å²) in [5.74, 6) is -0.453. The summed E-state index contributed by atoms with van der Waals surface area (Å²) in [6.07, 6.45) is 1.70. The lowest BCUT2D eigenvalue weighted by atomic mass is 9.55. The number of carboxylic acids is 1. The Hall–Kier alpha value is -2.64. The van der Waals surface area contributed by atoms with Gasteiger partial charge < -0.3 is 19.5 Å². The highest BCUT2D eigenvalue weighted by atomic mass is 16.5. The summed E-state index contributed by atoms with van der Waals surface area (Å²) in [6.45, 7) is 3.15. The van der Waals surface area contributed by atoms with Gasteiger partial charge in [0.25, 0.3) is 5.56 Å². The highest BCUT2D eigenvalue weighted by molar-refractivity contribution is 5.87. The quantitative estimate of drug-likeness (QED) is 0.775. The fraction of sp³-hybridized carbons (Fsp3) is 0.500. The van der Waals surface area contributed by atoms with Crippen molar-refractivity contribution in [3.8, 4) is 5.75 Å². The molecule has 2 heterocycles. The lowest BCUT2D eigenvalue weighted by molar-refractivity contribution is -0.126. The number of likely N-dealkylation sites (tertiary alicyclic amines) is 1. The van der Waals surface area contributed by atoms with E-state index in [4.69, 9.17) is 4.74 Å². The second kappa shape index (κ2) is 5.58. The summed E-state index contributed by atoms with van der Waals surface area (Å²) in [5.41, 5.74) is 1.70. The molecule has 1 saturated carbocycles. The summed E-state index contributed by atoms with van der Waals surface area (Å²) >= 11 is 0. The van der Waals surface area contributed by atoms with E-state index in [2.05, 4.69) is 24.1 Å². The summed E-state index contributed by atoms with van der Waals surface area (Å²) < 4.78 is 7.12. The van der Waals surface area contributed by atoms with Crippen LogP contribution in [0.3, 0.4) is 0 Å². The molecule has 0 radical (unpaired) electrons. The van der Waals surface area contributed by atoms with Gasteiger partial charge in [0.05, 0.1) is 18.8 Å². The molecule has 2 fully saturated rings. The fourth-order valence-electron chi connectivity index (χ4n) is 7.76. The number of aliphatic hydroxyl groups is 1. The van der Waals surface area contributed by atoms with E-state index in [1.807, 2.05) is 13.0 Å². The summed E-state index contributed by atoms with van der Waals surface area (Å²) in [6, 6.07) is 7.69. The van der Waals surface area contributed by atoms with Crippen LogP contribution in [-0.2, 0) is 30.2 Å². The van der Waals surface area contributed by atoms with E-state index in [1.54, 1.807) is 11.7 Å². The molecule has 2 unspecified atom stereocenters. The predicted octanol–water partition coefficient (Wildman–Crippen LogP) is 1.31. The average molecular weight is 422 g/mol. The second-order valence-corrected chi connectivity index (χ2v) is 9.81. The molecule has 6 rings (SSSR count). The Morgan fingerprint density at radius 2 is 2.03 bits per heavy atom. The Bertz CT molecular complexity index is 1240. The van der Waals surface area contributed by atoms with Crippen LogP contribution < -0.4 is 10.3 Å². The largest absolute Gasteiger partial charge is 0.497 e. The molecule has 4 aliphatic rings. The van der Waals surface area contributed by atoms with Gasteiger partial charge in [0.2, 0.25) is 0 Å². The number of nitrogens with zero attached hydrogens (tertiary/aromatic N) is 2. The van der Waals surface area contributed by atoms with E-state index in [9.17, 15) is 19.8 Å². The lowest BCUT2D eigenvalue weighted by Crippen LogP contribution is -2.74. The van der Waals surface area contributed by atoms with Crippen molar-refractivity contribution in [3.05, 3.63) is 62.6 Å². The molecule has 2 spiro atoms. The number of likely N-dealkylation sites (N-methyl/N-ethyl adjacent to an activating group) is 1. The van der Waals surface area contributed by atoms with Crippen LogP contribution in [-0.4, -0.2) is 58.0 Å². The Morgan fingerprint density at radius 1 is 1.26 bits per heavy atom. The number of hydrogen-bond acceptors (Lipinski definition) is 5. The molecule has 2 aromatic rings. The summed E-state index contributed by atoms with van der Waals surface area (Å²) in [7, 11) is 3.70. The number of pyridine rings is 1. The van der Waals surface area contributed by atoms with Gasteiger partial charge in [-0.15, -0.1) is 0 Å². The van der Waals surface area contributed by atoms with Crippen molar-refractivity contribution >= 4 is 5.97 Å². The average Bonchev–Trinajstić information content (AvgIpc) is 3.10. The number of methoxy groups -OCH3 is 1. The van der Waals surface area contributed by atoms with E-state index in [0.717, 1.165) is 35.5 Å². The van der Waals surface area contributed by atoms with E-state index < -0.39 is 22.5 Å². The van der Waals surface area contributed by atoms with Gasteiger partial charge in [-0.25, -0.2) is 4.79 Å². The summed E-state index contributed by atoms with van der Waals surface area (Å²) in [5, 5.41) is 21.9. The monoisotopic (exact) mass is 422 g/mol. The maximum atomic E-state index is 12.9. The molecule has 2 N–H and O–H groups in total. The highest BCUT2D eigenvalue weighted by Gasteiger charge is 2.80. The van der Waals surface area contributed by atoms with Crippen molar-refractivity contribution < 1.29 is 19.7 Å². The van der Waals surface area contributed by atoms with Crippen molar-refractivity contribution in [2.75, 3.05) is 20.7 Å². The lowest BCUT2D eigenvalue weighted by Gasteiger charge is -2.61. The van der Waals surface area contributed by atoms with E-state index in [1.165, 1.54) is 11.6 Å². The van der Waals surface area contributed by atoms with Crippen LogP contribution in [0.15, 0.2) is 29.1 Å². The molecule has 1 aliphatic heterocycles. The second-order valence-electron chi connectivity index (χ2n) is 9.81. The third-order valence-corrected chi connectivity index (χ3v) is 8.64. The Kier molecular flexibility index (Phi) is 3.43. The minimum absolute atomic E-state index is 0.0238. The zero-order valence-corrected chi connectivity index (χ0v) is 17.9. The molecule has 1 saturated heterocycles. The van der Waals surface area contributed by atoms with Crippen LogP contribution >= 0.6 is 0 Å². The number of hydrogen-bond donors (Lipinski definition) is 2. The van der Waals surface area contributed by atoms with Crippen LogP contribution in [0.5, 0.6) is 5.75 Å². The number of rotatable bonds is 3. The van der Waals surface area contributed by atoms with Crippen LogP contribution in [0.4, 0.5) is 0 Å². The number of aromatic nitrogens is 1. The first-order valence-corrected chi connectivity index (χ1v) is 10.8. The maximum absolute atomic E-state index is 12.9. The number of fused-ring (bicyclic) bond motifs is 3. The van der Waals surface area contributed by atoms with Crippen LogP contribution in [0.25, 0.3) is 0 Å². The van der Waals surface area contributed by atoms with E-state index >= 15 is 0 Å². The number of carbonyl (C=O) groups is 1. The molecule has 2 bridgehead atoms. The molecule has 31 heavy (non-hydrogen) atoms. The molecule has 7 nitrogen and oxygen atoms in total. The van der Waals surface area contributed by atoms with E-state index in [-0.39, 0.29) is 17.0 Å². The SMILES string of the molecule is CCn1c2c(cc(C(=O)O)c1=O)C[C@@]1(O)C3N(C)CC34C[C@@]1(C2)c1cc(OC)ccc14. The van der Waals surface area contributed by atoms with Gasteiger partial charge in [0.15, 0.2) is 0 Å². The minimum Gasteiger partial charge on any atom is -0.497 e. The normalized spacial score (nSPS) is 34.4. The summed E-state index contributed by atoms with van der Waals surface area (Å²) in [4.78, 5) is 26.9. The molecular weight excluding hydrogens is 396 g/mol. The predicted molar refractivity (Wildman–Crippen MR) is 113 cm³/mol. The van der Waals surface area contributed by atoms with Gasteiger partial charge in [-0.2, -0.15) is 0 Å². The van der Waals surface area contributed by atoms with Crippen molar-refractivity contribution in [1.29, 1.82) is 0 Å². The zero-order chi connectivity index (χ0) is 21.9. The van der Waals surface area contributed by atoms with Gasteiger partial charge in [0.1, 0.15) is 11.3 Å². The molecule has 7 heteroatoms. The van der Waals surface area contributed by atoms with Gasteiger partial charge in [-0.1, -0.05) is 6.07 Å². The number of carboxylic acid groups (broad SMARTS) is 1. The van der Waals surface area contributed by atoms with Gasteiger partial charge in [-0.05, 0) is 55.3 Å². The highest BCUT2D eigenvalue weighted by Crippen LogP contribution is 2.72. The molecular formula is C24H26N2O5. The van der Waals surface area contributed by atoms with Gasteiger partial charge >= 0.3 is 5.97 Å². The standard InChI is InChI=1S/C24H26N2O5/c1-4-26-18-10-23-11-22(16-6-5-14(31-3)8-17(16)23)12-25(2)21(22)24(23,30)9-13(18)7-15(19(26)27)20(28)29/h5-8,21,30H,4,9-12H2,1-3H3,(H,28,29)/t21?,22?,23-,24+/m0/s1. The third kappa shape index (κ3) is 1.90. The van der Waals surface area contributed by atoms with Gasteiger partial charge in [0, 0.05) is 42.5 Å². The van der Waals surface area contributed by atoms with E-state index in [0.29, 0.717) is 19.4 Å². The molecule has 1 aromatic heterocycles. The first-order chi connectivity index (χ1) is 14.7. The fourth-order valence-corrected chi connectivity index (χ4v) is 7.76. The molecule has 3 aliphatic carbocycles. The van der Waals surface area contributed by atoms with Crippen molar-refractivity contribution in [3.63, 3.8) is 0 Å². The zero-order valence-electron chi connectivity index (χ0n) is 17.9. The molecule has 162 valence electrons. The number of benzene rings is 1. The maximum Gasteiger partial charge on any atom is 0.341 e. The van der Waals surface area contributed by atoms with Crippen molar-refractivity contribution in [1.82, 2.24) is 9.47 Å². The third-order valence-electron chi connectivity index (χ3n) is 8.64. The topological polar surface area (TPSA) is 92.0 Å². The molecule has 4 atom stereocenters. The van der Waals surface area contributed by atoms with Crippen molar-refractivity contribution in [2.24, 2.45) is 0 Å². The van der Waals surface area contributed by atoms with Crippen LogP contribution in [0, 0.1) is 0 Å². The molecule has 0 amide bonds. The minimum atomic E-state index is -1.22. The Morgan fingerprint density at radius 3 is 2.68 bits per heavy atom.